The Bertz CT molecular complexity index is 766. The molecule has 0 radical (unpaired) electrons. The second-order valence-corrected chi connectivity index (χ2v) is 8.33. The fraction of sp³-hybridized carbons (Fsp3) is 0.458. The highest BCUT2D eigenvalue weighted by Crippen LogP contribution is 2.27. The molecule has 1 N–H and O–H groups in total. The summed E-state index contributed by atoms with van der Waals surface area (Å²) in [5, 5.41) is 2.90. The first-order chi connectivity index (χ1) is 13.2. The van der Waals surface area contributed by atoms with Crippen LogP contribution < -0.4 is 5.32 Å². The van der Waals surface area contributed by atoms with E-state index in [1.165, 1.54) is 11.1 Å². The van der Waals surface area contributed by atoms with Crippen LogP contribution in [-0.2, 0) is 11.3 Å². The van der Waals surface area contributed by atoms with Gasteiger partial charge in [-0.3, -0.25) is 10.2 Å². The molecule has 0 saturated carbocycles. The minimum Gasteiger partial charge on any atom is -0.444 e. The second kappa shape index (κ2) is 9.74. The van der Waals surface area contributed by atoms with E-state index in [1.54, 1.807) is 0 Å². The topological polar surface area (TPSA) is 41.6 Å². The van der Waals surface area contributed by atoms with Gasteiger partial charge >= 0.3 is 6.09 Å². The molecule has 0 bridgehead atoms. The number of anilines is 1. The number of amides is 1. The molecule has 4 heteroatoms. The maximum atomic E-state index is 12.2. The molecule has 2 rings (SSSR count). The Hall–Kier alpha value is -2.33. The lowest BCUT2D eigenvalue weighted by molar-refractivity contribution is 0.0636. The molecular formula is C24H34N2O2. The van der Waals surface area contributed by atoms with Crippen molar-refractivity contribution in [1.82, 2.24) is 4.90 Å². The highest BCUT2D eigenvalue weighted by molar-refractivity contribution is 5.86. The van der Waals surface area contributed by atoms with Crippen molar-refractivity contribution in [1.29, 1.82) is 0 Å². The van der Waals surface area contributed by atoms with Gasteiger partial charge in [-0.2, -0.15) is 0 Å². The van der Waals surface area contributed by atoms with Gasteiger partial charge in [0.2, 0.25) is 0 Å². The largest absolute Gasteiger partial charge is 0.444 e. The first kappa shape index (κ1) is 22.0. The van der Waals surface area contributed by atoms with E-state index in [0.717, 1.165) is 30.8 Å². The molecule has 0 aromatic heterocycles. The molecule has 28 heavy (non-hydrogen) atoms. The van der Waals surface area contributed by atoms with Crippen LogP contribution in [0.4, 0.5) is 10.5 Å². The lowest BCUT2D eigenvalue weighted by Crippen LogP contribution is -2.28. The standard InChI is InChI=1S/C24H34N2O2/c1-7-15-26(17-20-11-9-8-10-12-20)19(3)21-14-13-18(2)22(16-21)25-23(27)28-24(4,5)6/h8-14,16,19H,7,15,17H2,1-6H3,(H,25,27)/t19-/m0/s1. The van der Waals surface area contributed by atoms with Crippen LogP contribution in [0.5, 0.6) is 0 Å². The van der Waals surface area contributed by atoms with Crippen LogP contribution in [0.1, 0.15) is 63.8 Å². The van der Waals surface area contributed by atoms with Crippen molar-refractivity contribution >= 4 is 11.8 Å². The molecule has 0 fully saturated rings. The number of ether oxygens (including phenoxy) is 1. The summed E-state index contributed by atoms with van der Waals surface area (Å²) in [6.45, 7) is 13.9. The average molecular weight is 383 g/mol. The zero-order valence-electron chi connectivity index (χ0n) is 18.1. The number of nitrogens with zero attached hydrogens (tertiary/aromatic N) is 1. The SMILES string of the molecule is CCCN(Cc1ccccc1)[C@@H](C)c1ccc(C)c(NC(=O)OC(C)(C)C)c1. The molecule has 0 aliphatic rings. The summed E-state index contributed by atoms with van der Waals surface area (Å²) < 4.78 is 5.40. The number of aryl methyl sites for hydroxylation is 1. The molecule has 4 nitrogen and oxygen atoms in total. The van der Waals surface area contributed by atoms with E-state index in [0.29, 0.717) is 0 Å². The van der Waals surface area contributed by atoms with E-state index in [2.05, 4.69) is 66.5 Å². The van der Waals surface area contributed by atoms with Crippen molar-refractivity contribution in [3.05, 3.63) is 65.2 Å². The van der Waals surface area contributed by atoms with Gasteiger partial charge in [-0.25, -0.2) is 4.79 Å². The zero-order chi connectivity index (χ0) is 20.7. The summed E-state index contributed by atoms with van der Waals surface area (Å²) in [5.41, 5.74) is 3.79. The van der Waals surface area contributed by atoms with E-state index >= 15 is 0 Å². The van der Waals surface area contributed by atoms with Crippen LogP contribution in [0.3, 0.4) is 0 Å². The first-order valence-corrected chi connectivity index (χ1v) is 10.1. The van der Waals surface area contributed by atoms with Crippen molar-refractivity contribution < 1.29 is 9.53 Å². The summed E-state index contributed by atoms with van der Waals surface area (Å²) in [6.07, 6.45) is 0.668. The number of carbonyl (C=O) groups excluding carboxylic acids is 1. The molecule has 1 amide bonds. The number of hydrogen-bond donors (Lipinski definition) is 1. The van der Waals surface area contributed by atoms with Gasteiger partial charge in [-0.05, 0) is 70.3 Å². The molecule has 2 aromatic carbocycles. The minimum absolute atomic E-state index is 0.236. The van der Waals surface area contributed by atoms with Crippen LogP contribution in [0.25, 0.3) is 0 Å². The lowest BCUT2D eigenvalue weighted by Gasteiger charge is -2.30. The maximum Gasteiger partial charge on any atom is 0.412 e. The Labute approximate surface area is 169 Å². The van der Waals surface area contributed by atoms with E-state index in [9.17, 15) is 4.79 Å². The molecule has 0 spiro atoms. The molecule has 0 aliphatic carbocycles. The number of carbonyl (C=O) groups is 1. The monoisotopic (exact) mass is 382 g/mol. The van der Waals surface area contributed by atoms with Gasteiger partial charge in [-0.15, -0.1) is 0 Å². The van der Waals surface area contributed by atoms with Crippen LogP contribution in [0.2, 0.25) is 0 Å². The van der Waals surface area contributed by atoms with Crippen LogP contribution in [-0.4, -0.2) is 23.1 Å². The quantitative estimate of drug-likeness (QED) is 0.609. The van der Waals surface area contributed by atoms with Gasteiger partial charge in [0.25, 0.3) is 0 Å². The van der Waals surface area contributed by atoms with Crippen molar-refractivity contribution in [3.63, 3.8) is 0 Å². The van der Waals surface area contributed by atoms with Crippen LogP contribution >= 0.6 is 0 Å². The predicted octanol–water partition coefficient (Wildman–Crippen LogP) is 6.32. The van der Waals surface area contributed by atoms with Crippen molar-refractivity contribution in [3.8, 4) is 0 Å². The van der Waals surface area contributed by atoms with Gasteiger partial charge in [0.05, 0.1) is 0 Å². The summed E-state index contributed by atoms with van der Waals surface area (Å²) in [7, 11) is 0. The number of hydrogen-bond acceptors (Lipinski definition) is 3. The maximum absolute atomic E-state index is 12.2. The number of rotatable bonds is 7. The van der Waals surface area contributed by atoms with Crippen molar-refractivity contribution in [2.45, 2.75) is 66.2 Å². The molecule has 0 unspecified atom stereocenters. The normalized spacial score (nSPS) is 12.7. The zero-order valence-corrected chi connectivity index (χ0v) is 18.1. The smallest absolute Gasteiger partial charge is 0.412 e. The Balaban J connectivity index is 2.18. The highest BCUT2D eigenvalue weighted by Gasteiger charge is 2.19. The van der Waals surface area contributed by atoms with E-state index in [-0.39, 0.29) is 6.04 Å². The third-order valence-corrected chi connectivity index (χ3v) is 4.67. The highest BCUT2D eigenvalue weighted by atomic mass is 16.6. The molecular weight excluding hydrogens is 348 g/mol. The second-order valence-electron chi connectivity index (χ2n) is 8.33. The van der Waals surface area contributed by atoms with E-state index in [4.69, 9.17) is 4.74 Å². The summed E-state index contributed by atoms with van der Waals surface area (Å²) in [5.74, 6) is 0. The first-order valence-electron chi connectivity index (χ1n) is 10.1. The van der Waals surface area contributed by atoms with Crippen LogP contribution in [0, 0.1) is 6.92 Å². The van der Waals surface area contributed by atoms with Gasteiger partial charge < -0.3 is 4.74 Å². The summed E-state index contributed by atoms with van der Waals surface area (Å²) >= 11 is 0. The minimum atomic E-state index is -0.517. The molecule has 0 aliphatic heterocycles. The Kier molecular flexibility index (Phi) is 7.64. The van der Waals surface area contributed by atoms with Gasteiger partial charge in [-0.1, -0.05) is 49.4 Å². The lowest BCUT2D eigenvalue weighted by atomic mass is 10.0. The molecule has 0 heterocycles. The third kappa shape index (κ3) is 6.68. The third-order valence-electron chi connectivity index (χ3n) is 4.67. The number of nitrogens with one attached hydrogen (secondary N) is 1. The fourth-order valence-electron chi connectivity index (χ4n) is 3.17. The number of benzene rings is 2. The van der Waals surface area contributed by atoms with E-state index in [1.807, 2.05) is 33.8 Å². The average Bonchev–Trinajstić information content (AvgIpc) is 2.62. The van der Waals surface area contributed by atoms with Crippen LogP contribution in [0.15, 0.2) is 48.5 Å². The van der Waals surface area contributed by atoms with E-state index < -0.39 is 11.7 Å². The Morgan fingerprint density at radius 3 is 2.43 bits per heavy atom. The summed E-state index contributed by atoms with van der Waals surface area (Å²) in [6, 6.07) is 17.1. The molecule has 1 atom stereocenters. The summed E-state index contributed by atoms with van der Waals surface area (Å²) in [4.78, 5) is 14.7. The van der Waals surface area contributed by atoms with Crippen molar-refractivity contribution in [2.24, 2.45) is 0 Å². The Morgan fingerprint density at radius 1 is 1.14 bits per heavy atom. The Morgan fingerprint density at radius 2 is 1.82 bits per heavy atom. The molecule has 0 saturated heterocycles. The molecule has 2 aromatic rings. The van der Waals surface area contributed by atoms with Crippen molar-refractivity contribution in [2.75, 3.05) is 11.9 Å². The van der Waals surface area contributed by atoms with Gasteiger partial charge in [0, 0.05) is 18.3 Å². The molecule has 152 valence electrons. The predicted molar refractivity (Wildman–Crippen MR) is 117 cm³/mol. The fourth-order valence-corrected chi connectivity index (χ4v) is 3.17. The van der Waals surface area contributed by atoms with Gasteiger partial charge in [0.15, 0.2) is 0 Å². The van der Waals surface area contributed by atoms with Gasteiger partial charge in [0.1, 0.15) is 5.60 Å².